The van der Waals surface area contributed by atoms with Gasteiger partial charge in [0, 0.05) is 53.7 Å². The van der Waals surface area contributed by atoms with Crippen molar-refractivity contribution in [1.82, 2.24) is 4.57 Å². The van der Waals surface area contributed by atoms with E-state index in [0.29, 0.717) is 0 Å². The van der Waals surface area contributed by atoms with Gasteiger partial charge < -0.3 is 9.47 Å². The second-order valence-corrected chi connectivity index (χ2v) is 16.8. The Labute approximate surface area is 358 Å². The number of benzene rings is 10. The maximum Gasteiger partial charge on any atom is 0.0547 e. The Morgan fingerprint density at radius 3 is 1.61 bits per heavy atom. The third kappa shape index (κ3) is 6.01. The number of hydrogen-bond donors (Lipinski definition) is 0. The van der Waals surface area contributed by atoms with Crippen molar-refractivity contribution in [2.24, 2.45) is 0 Å². The third-order valence-electron chi connectivity index (χ3n) is 12.2. The standard InChI is InChI=1S/C58H38N2S/c1-3-12-39(13-4-1)40-22-30-46(31-23-40)59(48-34-26-43(27-35-48)50-19-11-20-52-51-18-9-10-21-56(51)61-58(50)52)47-32-24-41(25-33-47)44-29-36-54-53(38-44)57-49-17-8-7-14-42(49)28-37-55(57)60(54)45-15-5-2-6-16-45/h1-38H. The van der Waals surface area contributed by atoms with Gasteiger partial charge in [-0.25, -0.2) is 0 Å². The highest BCUT2D eigenvalue weighted by Gasteiger charge is 2.18. The van der Waals surface area contributed by atoms with Gasteiger partial charge in [0.15, 0.2) is 0 Å². The summed E-state index contributed by atoms with van der Waals surface area (Å²) in [5, 5.41) is 7.70. The summed E-state index contributed by atoms with van der Waals surface area (Å²) in [7, 11) is 0. The molecular weight excluding hydrogens is 757 g/mol. The molecule has 2 heterocycles. The normalized spacial score (nSPS) is 11.6. The molecule has 3 heteroatoms. The first-order valence-corrected chi connectivity index (χ1v) is 21.6. The average molecular weight is 795 g/mol. The van der Waals surface area contributed by atoms with Gasteiger partial charge in [0.1, 0.15) is 0 Å². The molecule has 0 saturated heterocycles. The zero-order valence-corrected chi connectivity index (χ0v) is 34.1. The first-order valence-electron chi connectivity index (χ1n) is 20.8. The van der Waals surface area contributed by atoms with Crippen LogP contribution in [0.5, 0.6) is 0 Å². The predicted molar refractivity (Wildman–Crippen MR) is 262 cm³/mol. The van der Waals surface area contributed by atoms with E-state index in [0.717, 1.165) is 22.7 Å². The lowest BCUT2D eigenvalue weighted by Gasteiger charge is -2.26. The van der Waals surface area contributed by atoms with Crippen LogP contribution in [0.2, 0.25) is 0 Å². The van der Waals surface area contributed by atoms with E-state index in [1.165, 1.54) is 86.1 Å². The Morgan fingerprint density at radius 2 is 0.885 bits per heavy atom. The zero-order valence-electron chi connectivity index (χ0n) is 33.2. The molecule has 12 aromatic rings. The monoisotopic (exact) mass is 794 g/mol. The largest absolute Gasteiger partial charge is 0.311 e. The number of para-hydroxylation sites is 1. The Bertz CT molecular complexity index is 3550. The molecule has 0 aliphatic rings. The smallest absolute Gasteiger partial charge is 0.0547 e. The molecule has 0 radical (unpaired) electrons. The highest BCUT2D eigenvalue weighted by molar-refractivity contribution is 7.26. The Balaban J connectivity index is 0.954. The Hall–Kier alpha value is -7.72. The lowest BCUT2D eigenvalue weighted by Crippen LogP contribution is -2.09. The van der Waals surface area contributed by atoms with Crippen LogP contribution in [-0.4, -0.2) is 4.57 Å². The fourth-order valence-electron chi connectivity index (χ4n) is 9.27. The number of hydrogen-bond acceptors (Lipinski definition) is 2. The van der Waals surface area contributed by atoms with Gasteiger partial charge in [-0.3, -0.25) is 0 Å². The molecule has 0 bridgehead atoms. The molecule has 0 spiro atoms. The number of rotatable bonds is 7. The molecule has 0 amide bonds. The van der Waals surface area contributed by atoms with E-state index in [4.69, 9.17) is 0 Å². The fraction of sp³-hybridized carbons (Fsp3) is 0. The molecule has 0 fully saturated rings. The molecular formula is C58H38N2S. The van der Waals surface area contributed by atoms with Crippen LogP contribution in [0.1, 0.15) is 0 Å². The van der Waals surface area contributed by atoms with E-state index < -0.39 is 0 Å². The predicted octanol–water partition coefficient (Wildman–Crippen LogP) is 16.8. The van der Waals surface area contributed by atoms with Gasteiger partial charge >= 0.3 is 0 Å². The summed E-state index contributed by atoms with van der Waals surface area (Å²) >= 11 is 1.88. The highest BCUT2D eigenvalue weighted by atomic mass is 32.1. The average Bonchev–Trinajstić information content (AvgIpc) is 3.89. The zero-order chi connectivity index (χ0) is 40.3. The Morgan fingerprint density at radius 1 is 0.344 bits per heavy atom. The quantitative estimate of drug-likeness (QED) is 0.156. The van der Waals surface area contributed by atoms with Crippen molar-refractivity contribution in [1.29, 1.82) is 0 Å². The van der Waals surface area contributed by atoms with Crippen molar-refractivity contribution >= 4 is 81.1 Å². The molecule has 286 valence electrons. The number of anilines is 3. The number of thiophene rings is 1. The van der Waals surface area contributed by atoms with Crippen LogP contribution in [0.15, 0.2) is 231 Å². The van der Waals surface area contributed by atoms with Gasteiger partial charge in [-0.15, -0.1) is 11.3 Å². The molecule has 2 aromatic heterocycles. The summed E-state index contributed by atoms with van der Waals surface area (Å²) in [6, 6.07) is 84.0. The lowest BCUT2D eigenvalue weighted by molar-refractivity contribution is 1.18. The summed E-state index contributed by atoms with van der Waals surface area (Å²) in [6.45, 7) is 0. The van der Waals surface area contributed by atoms with Crippen LogP contribution in [0.4, 0.5) is 17.1 Å². The maximum atomic E-state index is 2.40. The molecule has 2 nitrogen and oxygen atoms in total. The van der Waals surface area contributed by atoms with Gasteiger partial charge in [-0.2, -0.15) is 0 Å². The van der Waals surface area contributed by atoms with E-state index >= 15 is 0 Å². The number of fused-ring (bicyclic) bond motifs is 8. The summed E-state index contributed by atoms with van der Waals surface area (Å²) in [4.78, 5) is 2.37. The third-order valence-corrected chi connectivity index (χ3v) is 13.4. The molecule has 0 N–H and O–H groups in total. The summed E-state index contributed by atoms with van der Waals surface area (Å²) in [5.41, 5.74) is 14.2. The van der Waals surface area contributed by atoms with Crippen LogP contribution in [0, 0.1) is 0 Å². The minimum atomic E-state index is 1.10. The van der Waals surface area contributed by atoms with Crippen LogP contribution in [-0.2, 0) is 0 Å². The van der Waals surface area contributed by atoms with E-state index in [1.807, 2.05) is 11.3 Å². The van der Waals surface area contributed by atoms with Crippen molar-refractivity contribution in [2.45, 2.75) is 0 Å². The van der Waals surface area contributed by atoms with E-state index in [-0.39, 0.29) is 0 Å². The molecule has 0 atom stereocenters. The van der Waals surface area contributed by atoms with Gasteiger partial charge in [0.25, 0.3) is 0 Å². The second-order valence-electron chi connectivity index (χ2n) is 15.7. The van der Waals surface area contributed by atoms with Gasteiger partial charge in [-0.05, 0) is 117 Å². The van der Waals surface area contributed by atoms with Gasteiger partial charge in [0.05, 0.1) is 11.0 Å². The molecule has 0 aliphatic carbocycles. The highest BCUT2D eigenvalue weighted by Crippen LogP contribution is 2.43. The summed E-state index contributed by atoms with van der Waals surface area (Å²) in [6.07, 6.45) is 0. The minimum absolute atomic E-state index is 1.10. The number of nitrogens with zero attached hydrogens (tertiary/aromatic N) is 2. The molecule has 0 saturated carbocycles. The van der Waals surface area contributed by atoms with Crippen molar-refractivity contribution in [3.8, 4) is 39.1 Å². The molecule has 10 aromatic carbocycles. The van der Waals surface area contributed by atoms with Crippen molar-refractivity contribution in [3.05, 3.63) is 231 Å². The van der Waals surface area contributed by atoms with Crippen LogP contribution < -0.4 is 4.90 Å². The van der Waals surface area contributed by atoms with Crippen LogP contribution >= 0.6 is 11.3 Å². The SMILES string of the molecule is c1ccc(-c2ccc(N(c3ccc(-c4ccc5c(c4)c4c6ccccc6ccc4n5-c4ccccc4)cc3)c3ccc(-c4cccc5c4sc4ccccc45)cc3)cc2)cc1. The van der Waals surface area contributed by atoms with Crippen molar-refractivity contribution in [2.75, 3.05) is 4.90 Å². The van der Waals surface area contributed by atoms with Crippen LogP contribution in [0.25, 0.3) is 91.8 Å². The molecule has 0 aliphatic heterocycles. The summed E-state index contributed by atoms with van der Waals surface area (Å²) < 4.78 is 5.05. The van der Waals surface area contributed by atoms with Crippen LogP contribution in [0.3, 0.4) is 0 Å². The maximum absolute atomic E-state index is 2.40. The number of aromatic nitrogens is 1. The van der Waals surface area contributed by atoms with E-state index in [9.17, 15) is 0 Å². The Kier molecular flexibility index (Phi) is 8.39. The van der Waals surface area contributed by atoms with Crippen molar-refractivity contribution in [3.63, 3.8) is 0 Å². The molecule has 12 rings (SSSR count). The first-order chi connectivity index (χ1) is 30.2. The summed E-state index contributed by atoms with van der Waals surface area (Å²) in [5.74, 6) is 0. The first kappa shape index (κ1) is 35.2. The van der Waals surface area contributed by atoms with E-state index in [1.54, 1.807) is 0 Å². The fourth-order valence-corrected chi connectivity index (χ4v) is 10.5. The van der Waals surface area contributed by atoms with Crippen molar-refractivity contribution < 1.29 is 0 Å². The molecule has 0 unspecified atom stereocenters. The van der Waals surface area contributed by atoms with Gasteiger partial charge in [-0.1, -0.05) is 158 Å². The lowest BCUT2D eigenvalue weighted by atomic mass is 9.99. The topological polar surface area (TPSA) is 8.17 Å². The van der Waals surface area contributed by atoms with Gasteiger partial charge in [0.2, 0.25) is 0 Å². The van der Waals surface area contributed by atoms with E-state index in [2.05, 4.69) is 240 Å². The molecule has 61 heavy (non-hydrogen) atoms. The second kappa shape index (κ2) is 14.5. The minimum Gasteiger partial charge on any atom is -0.311 e.